The van der Waals surface area contributed by atoms with Crippen molar-refractivity contribution in [3.05, 3.63) is 0 Å². The van der Waals surface area contributed by atoms with Crippen LogP contribution in [0, 0.1) is 5.92 Å². The highest BCUT2D eigenvalue weighted by molar-refractivity contribution is 5.68. The van der Waals surface area contributed by atoms with Crippen LogP contribution in [0.4, 0.5) is 4.79 Å². The zero-order valence-corrected chi connectivity index (χ0v) is 11.4. The van der Waals surface area contributed by atoms with E-state index in [1.165, 1.54) is 0 Å². The Kier molecular flexibility index (Phi) is 4.80. The van der Waals surface area contributed by atoms with Gasteiger partial charge in [-0.25, -0.2) is 4.79 Å². The lowest BCUT2D eigenvalue weighted by atomic mass is 9.89. The summed E-state index contributed by atoms with van der Waals surface area (Å²) >= 11 is 0. The van der Waals surface area contributed by atoms with Crippen LogP contribution in [0.5, 0.6) is 0 Å². The van der Waals surface area contributed by atoms with Gasteiger partial charge < -0.3 is 14.7 Å². The normalized spacial score (nSPS) is 25.8. The lowest BCUT2D eigenvalue weighted by Gasteiger charge is -2.38. The SMILES string of the molecule is C[C@H]1CC(CCO)CCN1C(=O)OC(C)(C)C. The van der Waals surface area contributed by atoms with Gasteiger partial charge in [0.05, 0.1) is 0 Å². The van der Waals surface area contributed by atoms with Crippen LogP contribution in [0.15, 0.2) is 0 Å². The van der Waals surface area contributed by atoms with Gasteiger partial charge in [-0.2, -0.15) is 0 Å². The minimum absolute atomic E-state index is 0.204. The smallest absolute Gasteiger partial charge is 0.410 e. The maximum atomic E-state index is 11.9. The highest BCUT2D eigenvalue weighted by Gasteiger charge is 2.31. The summed E-state index contributed by atoms with van der Waals surface area (Å²) in [5.41, 5.74) is -0.432. The molecule has 0 aromatic rings. The first-order chi connectivity index (χ1) is 7.83. The van der Waals surface area contributed by atoms with Gasteiger partial charge in [0.25, 0.3) is 0 Å². The molecule has 0 radical (unpaired) electrons. The molecule has 1 N–H and O–H groups in total. The van der Waals surface area contributed by atoms with Crippen LogP contribution in [-0.4, -0.2) is 40.9 Å². The van der Waals surface area contributed by atoms with Gasteiger partial charge in [0, 0.05) is 19.2 Å². The van der Waals surface area contributed by atoms with E-state index in [0.717, 1.165) is 25.8 Å². The van der Waals surface area contributed by atoms with Crippen molar-refractivity contribution in [2.75, 3.05) is 13.2 Å². The molecule has 1 fully saturated rings. The van der Waals surface area contributed by atoms with Crippen LogP contribution >= 0.6 is 0 Å². The van der Waals surface area contributed by atoms with Gasteiger partial charge in [-0.05, 0) is 52.9 Å². The molecule has 0 spiro atoms. The first-order valence-corrected chi connectivity index (χ1v) is 6.44. The number of carbonyl (C=O) groups is 1. The van der Waals surface area contributed by atoms with Crippen molar-refractivity contribution in [3.8, 4) is 0 Å². The van der Waals surface area contributed by atoms with Crippen LogP contribution in [0.25, 0.3) is 0 Å². The molecule has 0 saturated carbocycles. The predicted octanol–water partition coefficient (Wildman–Crippen LogP) is 2.40. The third-order valence-electron chi connectivity index (χ3n) is 3.15. The molecule has 1 heterocycles. The summed E-state index contributed by atoms with van der Waals surface area (Å²) in [5, 5.41) is 8.93. The Morgan fingerprint density at radius 3 is 2.59 bits per heavy atom. The quantitative estimate of drug-likeness (QED) is 0.810. The lowest BCUT2D eigenvalue weighted by molar-refractivity contribution is 0.00600. The Balaban J connectivity index is 2.49. The Bertz CT molecular complexity index is 260. The fourth-order valence-corrected chi connectivity index (χ4v) is 2.31. The second kappa shape index (κ2) is 5.71. The van der Waals surface area contributed by atoms with E-state index in [1.54, 1.807) is 4.90 Å². The summed E-state index contributed by atoms with van der Waals surface area (Å²) in [5.74, 6) is 0.536. The van der Waals surface area contributed by atoms with Crippen molar-refractivity contribution < 1.29 is 14.6 Å². The van der Waals surface area contributed by atoms with Gasteiger partial charge in [-0.3, -0.25) is 0 Å². The number of hydrogen-bond donors (Lipinski definition) is 1. The molecule has 1 rings (SSSR count). The Hall–Kier alpha value is -0.770. The molecule has 1 amide bonds. The largest absolute Gasteiger partial charge is 0.444 e. The third-order valence-corrected chi connectivity index (χ3v) is 3.15. The lowest BCUT2D eigenvalue weighted by Crippen LogP contribution is -2.46. The summed E-state index contributed by atoms with van der Waals surface area (Å²) < 4.78 is 5.38. The van der Waals surface area contributed by atoms with Crippen molar-refractivity contribution in [2.24, 2.45) is 5.92 Å². The van der Waals surface area contributed by atoms with E-state index in [1.807, 2.05) is 27.7 Å². The van der Waals surface area contributed by atoms with Crippen molar-refractivity contribution in [3.63, 3.8) is 0 Å². The van der Waals surface area contributed by atoms with Gasteiger partial charge in [-0.1, -0.05) is 0 Å². The minimum atomic E-state index is -0.432. The second-order valence-corrected chi connectivity index (χ2v) is 5.93. The Morgan fingerprint density at radius 1 is 1.47 bits per heavy atom. The predicted molar refractivity (Wildman–Crippen MR) is 66.8 cm³/mol. The van der Waals surface area contributed by atoms with E-state index in [-0.39, 0.29) is 18.7 Å². The van der Waals surface area contributed by atoms with E-state index in [9.17, 15) is 4.79 Å². The van der Waals surface area contributed by atoms with Gasteiger partial charge in [0.2, 0.25) is 0 Å². The standard InChI is InChI=1S/C13H25NO3/c1-10-9-11(6-8-15)5-7-14(10)12(16)17-13(2,3)4/h10-11,15H,5-9H2,1-4H3/t10-,11?/m0/s1. The van der Waals surface area contributed by atoms with Crippen LogP contribution in [-0.2, 0) is 4.74 Å². The molecule has 1 aliphatic rings. The summed E-state index contributed by atoms with van der Waals surface area (Å²) in [7, 11) is 0. The second-order valence-electron chi connectivity index (χ2n) is 5.93. The Morgan fingerprint density at radius 2 is 2.12 bits per heavy atom. The monoisotopic (exact) mass is 243 g/mol. The first-order valence-electron chi connectivity index (χ1n) is 6.44. The van der Waals surface area contributed by atoms with Crippen molar-refractivity contribution in [1.29, 1.82) is 0 Å². The zero-order valence-electron chi connectivity index (χ0n) is 11.4. The molecule has 0 aliphatic carbocycles. The molecule has 1 saturated heterocycles. The number of nitrogens with zero attached hydrogens (tertiary/aromatic N) is 1. The van der Waals surface area contributed by atoms with Gasteiger partial charge >= 0.3 is 6.09 Å². The summed E-state index contributed by atoms with van der Waals surface area (Å²) in [6, 6.07) is 0.204. The van der Waals surface area contributed by atoms with Gasteiger partial charge in [-0.15, -0.1) is 0 Å². The van der Waals surface area contributed by atoms with Crippen LogP contribution < -0.4 is 0 Å². The van der Waals surface area contributed by atoms with Crippen molar-refractivity contribution in [1.82, 2.24) is 4.90 Å². The number of likely N-dealkylation sites (tertiary alicyclic amines) is 1. The van der Waals surface area contributed by atoms with Gasteiger partial charge in [0.1, 0.15) is 5.60 Å². The average molecular weight is 243 g/mol. The molecule has 100 valence electrons. The molecule has 0 bridgehead atoms. The molecule has 1 aliphatic heterocycles. The van der Waals surface area contributed by atoms with Crippen molar-refractivity contribution >= 4 is 6.09 Å². The summed E-state index contributed by atoms with van der Waals surface area (Å²) in [6.07, 6.45) is 2.55. The fraction of sp³-hybridized carbons (Fsp3) is 0.923. The maximum absolute atomic E-state index is 11.9. The summed E-state index contributed by atoms with van der Waals surface area (Å²) in [4.78, 5) is 13.7. The maximum Gasteiger partial charge on any atom is 0.410 e. The molecule has 2 atom stereocenters. The number of rotatable bonds is 2. The molecule has 0 aromatic heterocycles. The van der Waals surface area contributed by atoms with Crippen LogP contribution in [0.3, 0.4) is 0 Å². The van der Waals surface area contributed by atoms with E-state index in [2.05, 4.69) is 0 Å². The van der Waals surface area contributed by atoms with Crippen LogP contribution in [0.1, 0.15) is 47.0 Å². The number of piperidine rings is 1. The van der Waals surface area contributed by atoms with E-state index in [0.29, 0.717) is 5.92 Å². The van der Waals surface area contributed by atoms with E-state index in [4.69, 9.17) is 9.84 Å². The zero-order chi connectivity index (χ0) is 13.1. The topological polar surface area (TPSA) is 49.8 Å². The fourth-order valence-electron chi connectivity index (χ4n) is 2.31. The average Bonchev–Trinajstić information content (AvgIpc) is 2.15. The number of amides is 1. The van der Waals surface area contributed by atoms with E-state index >= 15 is 0 Å². The number of hydrogen-bond acceptors (Lipinski definition) is 3. The highest BCUT2D eigenvalue weighted by Crippen LogP contribution is 2.26. The molecule has 1 unspecified atom stereocenters. The number of carbonyl (C=O) groups excluding carboxylic acids is 1. The van der Waals surface area contributed by atoms with Gasteiger partial charge in [0.15, 0.2) is 0 Å². The molecule has 4 heteroatoms. The minimum Gasteiger partial charge on any atom is -0.444 e. The summed E-state index contributed by atoms with van der Waals surface area (Å²) in [6.45, 7) is 8.67. The molecule has 17 heavy (non-hydrogen) atoms. The van der Waals surface area contributed by atoms with E-state index < -0.39 is 5.60 Å². The van der Waals surface area contributed by atoms with Crippen molar-refractivity contribution in [2.45, 2.75) is 58.6 Å². The molecule has 4 nitrogen and oxygen atoms in total. The number of ether oxygens (including phenoxy) is 1. The first kappa shape index (κ1) is 14.3. The molecule has 0 aromatic carbocycles. The Labute approximate surface area is 104 Å². The van der Waals surface area contributed by atoms with Crippen LogP contribution in [0.2, 0.25) is 0 Å². The molecular weight excluding hydrogens is 218 g/mol. The highest BCUT2D eigenvalue weighted by atomic mass is 16.6. The molecular formula is C13H25NO3. The third kappa shape index (κ3) is 4.54. The number of aliphatic hydroxyl groups excluding tert-OH is 1. The number of aliphatic hydroxyl groups is 1.